The molecule has 4 fully saturated rings. The molecule has 0 saturated heterocycles. The standard InChI is InChI=1S/2C53H56O2Si.2ClH.Zr/c2*1-34-32-50-46(40-16-12-36(13-17-40)38-20-24-42(25-21-38)54-44-28-29-44)8-4-6-10-48(50)52(34)56(3)53-35(2)33-51-47(9-5-7-11-49(51)53)41-18-14-37(15-19-41)39-22-26-43(27-23-39)55-45-30-31-45;;;/h2*12-27,32-33,44-47,56H,4-11,28-31H2,1-3H3;2*1H;/q2*-2;;;+2/p-2. The van der Waals surface area contributed by atoms with Crippen LogP contribution in [-0.2, 0) is 46.5 Å². The predicted octanol–water partition coefficient (Wildman–Crippen LogP) is 25.1. The average molecular weight is 1670 g/mol. The number of benzene rings is 8. The number of ether oxygens (including phenoxy) is 4. The SMILES string of the molecule is Cc1cc2c([c-]1[SiH](C)[c-]1c(C)cc3c1CCCCC3c1ccc(-c3ccc(OC4CC4)cc3)cc1)CCCCC2c1ccc(-c2ccc(OC3CC3)cc2)cc1.Cc1cc2c([c-]1[SiH](C)[c-]1c(C)cc3c1CCCCC3c1ccc(-c3ccc(OC4CC4)cc3)cc1)CCCCC2c1ccc(-c2ccc(OC3CC3)cc2)cc1.[Cl][Zr][Cl]. The molecule has 0 amide bonds. The van der Waals surface area contributed by atoms with Crippen molar-refractivity contribution in [3.05, 3.63) is 307 Å². The van der Waals surface area contributed by atoms with E-state index in [1.807, 2.05) is 0 Å². The second-order valence-corrected chi connectivity index (χ2v) is 44.2. The van der Waals surface area contributed by atoms with E-state index in [0.717, 1.165) is 23.0 Å². The van der Waals surface area contributed by atoms with Crippen molar-refractivity contribution in [3.63, 3.8) is 0 Å². The van der Waals surface area contributed by atoms with E-state index in [1.54, 1.807) is 87.5 Å². The van der Waals surface area contributed by atoms with Crippen LogP contribution < -0.4 is 39.7 Å². The molecule has 0 N–H and O–H groups in total. The van der Waals surface area contributed by atoms with Gasteiger partial charge in [-0.2, -0.15) is 87.5 Å². The fourth-order valence-electron chi connectivity index (χ4n) is 20.9. The quantitative estimate of drug-likeness (QED) is 0.0433. The molecular weight excluding hydrogens is 1560 g/mol. The Morgan fingerprint density at radius 1 is 0.261 bits per heavy atom. The number of fused-ring (bicyclic) bond motifs is 4. The van der Waals surface area contributed by atoms with E-state index in [9.17, 15) is 0 Å². The molecule has 4 saturated carbocycles. The normalized spacial score (nSPS) is 19.7. The van der Waals surface area contributed by atoms with E-state index >= 15 is 0 Å². The van der Waals surface area contributed by atoms with Gasteiger partial charge in [0.2, 0.25) is 0 Å². The molecule has 0 heterocycles. The van der Waals surface area contributed by atoms with E-state index in [0.29, 0.717) is 48.1 Å². The van der Waals surface area contributed by atoms with Gasteiger partial charge in [-0.05, 0) is 186 Å². The maximum atomic E-state index is 6.00. The monoisotopic (exact) mass is 1660 g/mol. The molecule has 0 radical (unpaired) electrons. The third-order valence-electron chi connectivity index (χ3n) is 27.1. The van der Waals surface area contributed by atoms with Crippen LogP contribution in [0, 0.1) is 27.7 Å². The van der Waals surface area contributed by atoms with Crippen LogP contribution in [0.15, 0.2) is 218 Å². The molecule has 0 aromatic heterocycles. The zero-order chi connectivity index (χ0) is 78.2. The van der Waals surface area contributed by atoms with E-state index in [4.69, 9.17) is 36.0 Å². The summed E-state index contributed by atoms with van der Waals surface area (Å²) in [7, 11) is 6.97. The van der Waals surface area contributed by atoms with Crippen molar-refractivity contribution in [2.45, 2.75) is 243 Å². The molecule has 20 rings (SSSR count). The molecule has 12 aromatic carbocycles. The van der Waals surface area contributed by atoms with Crippen LogP contribution in [0.3, 0.4) is 0 Å². The van der Waals surface area contributed by atoms with Gasteiger partial charge in [0.05, 0.1) is 24.4 Å². The number of halogens is 2. The molecule has 12 aromatic rings. The van der Waals surface area contributed by atoms with Crippen molar-refractivity contribution >= 4 is 55.4 Å². The van der Waals surface area contributed by atoms with Gasteiger partial charge in [-0.1, -0.05) is 311 Å². The number of rotatable bonds is 20. The summed E-state index contributed by atoms with van der Waals surface area (Å²) in [6, 6.07) is 83.4. The molecule has 4 unspecified atom stereocenters. The Bertz CT molecular complexity index is 4640. The van der Waals surface area contributed by atoms with Crippen molar-refractivity contribution in [2.75, 3.05) is 0 Å². The Balaban J connectivity index is 0.000000154. The minimum atomic E-state index is -1.45. The number of hydrogen-bond donors (Lipinski definition) is 0. The van der Waals surface area contributed by atoms with Crippen LogP contribution in [-0.4, -0.2) is 42.0 Å². The van der Waals surface area contributed by atoms with Crippen LogP contribution in [0.25, 0.3) is 44.5 Å². The minimum absolute atomic E-state index is 0.433. The molecule has 590 valence electrons. The number of hydrogen-bond acceptors (Lipinski definition) is 4. The van der Waals surface area contributed by atoms with Gasteiger partial charge < -0.3 is 18.9 Å². The fraction of sp³-hybridized carbons (Fsp3) is 0.358. The first kappa shape index (κ1) is 78.4. The Kier molecular flexibility index (Phi) is 23.9. The molecule has 0 aliphatic heterocycles. The van der Waals surface area contributed by atoms with Crippen molar-refractivity contribution in [2.24, 2.45) is 0 Å². The third-order valence-corrected chi connectivity index (χ3v) is 33.8. The molecule has 0 spiro atoms. The average Bonchev–Trinajstić information content (AvgIpc) is 1.60. The topological polar surface area (TPSA) is 36.9 Å². The summed E-state index contributed by atoms with van der Waals surface area (Å²) in [4.78, 5) is 0. The van der Waals surface area contributed by atoms with Gasteiger partial charge in [0.25, 0.3) is 0 Å². The Hall–Kier alpha value is -7.74. The van der Waals surface area contributed by atoms with Gasteiger partial charge in [0.1, 0.15) is 23.0 Å². The molecule has 4 atom stereocenters. The summed E-state index contributed by atoms with van der Waals surface area (Å²) in [5.41, 5.74) is 35.6. The molecule has 0 bridgehead atoms. The predicted molar refractivity (Wildman–Crippen MR) is 483 cm³/mol. The van der Waals surface area contributed by atoms with Gasteiger partial charge in [-0.15, -0.1) is 0 Å². The first-order chi connectivity index (χ1) is 56.3. The van der Waals surface area contributed by atoms with E-state index in [1.165, 1.54) is 221 Å². The van der Waals surface area contributed by atoms with Gasteiger partial charge in [-0.3, -0.25) is 0 Å². The molecule has 8 aliphatic carbocycles. The summed E-state index contributed by atoms with van der Waals surface area (Å²) in [5, 5.41) is 7.03. The van der Waals surface area contributed by atoms with Crippen LogP contribution >= 0.6 is 17.0 Å². The van der Waals surface area contributed by atoms with Gasteiger partial charge in [0, 0.05) is 0 Å². The first-order valence-electron chi connectivity index (χ1n) is 43.9. The van der Waals surface area contributed by atoms with Crippen LogP contribution in [0.5, 0.6) is 23.0 Å². The van der Waals surface area contributed by atoms with Crippen molar-refractivity contribution in [3.8, 4) is 67.5 Å². The number of aryl methyl sites for hydroxylation is 4. The van der Waals surface area contributed by atoms with E-state index in [-0.39, 0.29) is 0 Å². The Morgan fingerprint density at radius 3 is 0.609 bits per heavy atom. The van der Waals surface area contributed by atoms with Crippen molar-refractivity contribution < 1.29 is 39.8 Å². The van der Waals surface area contributed by atoms with Crippen LogP contribution in [0.2, 0.25) is 13.1 Å². The summed E-state index contributed by atoms with van der Waals surface area (Å²) in [6.45, 7) is 15.0. The Labute approximate surface area is 707 Å². The van der Waals surface area contributed by atoms with Gasteiger partial charge in [-0.25, -0.2) is 24.3 Å². The molecule has 4 nitrogen and oxygen atoms in total. The molecule has 8 aliphatic rings. The van der Waals surface area contributed by atoms with Crippen molar-refractivity contribution in [1.29, 1.82) is 0 Å². The van der Waals surface area contributed by atoms with Crippen molar-refractivity contribution in [1.82, 2.24) is 0 Å². The van der Waals surface area contributed by atoms with Crippen LogP contribution in [0.1, 0.15) is 241 Å². The zero-order valence-corrected chi connectivity index (χ0v) is 74.7. The van der Waals surface area contributed by atoms with E-state index in [2.05, 4.69) is 259 Å². The fourth-order valence-corrected chi connectivity index (χ4v) is 27.9. The van der Waals surface area contributed by atoms with Gasteiger partial charge >= 0.3 is 37.9 Å². The van der Waals surface area contributed by atoms with Gasteiger partial charge in [0.15, 0.2) is 0 Å². The summed E-state index contributed by atoms with van der Waals surface area (Å²) >= 11 is -0.826. The molecule has 9 heteroatoms. The third kappa shape index (κ3) is 17.6. The summed E-state index contributed by atoms with van der Waals surface area (Å²) < 4.78 is 24.0. The molecular formula is C106H112Cl2O4Si2Zr-4. The summed E-state index contributed by atoms with van der Waals surface area (Å²) in [6.07, 6.45) is 31.5. The molecule has 115 heavy (non-hydrogen) atoms. The maximum absolute atomic E-state index is 6.00. The zero-order valence-electron chi connectivity index (χ0n) is 68.4. The first-order valence-corrected chi connectivity index (χ1v) is 54.9. The summed E-state index contributed by atoms with van der Waals surface area (Å²) in [5.74, 6) is 5.88. The Morgan fingerprint density at radius 2 is 0.435 bits per heavy atom. The second-order valence-electron chi connectivity index (χ2n) is 35.3. The second kappa shape index (κ2) is 35.1. The van der Waals surface area contributed by atoms with Crippen LogP contribution in [0.4, 0.5) is 0 Å². The van der Waals surface area contributed by atoms with E-state index < -0.39 is 38.4 Å².